The zero-order chi connectivity index (χ0) is 13.6. The summed E-state index contributed by atoms with van der Waals surface area (Å²) in [5, 5.41) is 4.51. The Balaban J connectivity index is 1.86. The molecule has 0 atom stereocenters. The van der Waals surface area contributed by atoms with Crippen LogP contribution in [0.5, 0.6) is 0 Å². The number of benzene rings is 1. The molecule has 1 aromatic carbocycles. The van der Waals surface area contributed by atoms with E-state index in [-0.39, 0.29) is 0 Å². The number of hydrogen-bond acceptors (Lipinski definition) is 3. The van der Waals surface area contributed by atoms with Gasteiger partial charge >= 0.3 is 0 Å². The van der Waals surface area contributed by atoms with E-state index in [1.165, 1.54) is 5.41 Å². The first-order valence-corrected chi connectivity index (χ1v) is 8.14. The molecule has 0 unspecified atom stereocenters. The molecule has 0 saturated carbocycles. The summed E-state index contributed by atoms with van der Waals surface area (Å²) in [4.78, 5) is 0. The number of hydrogen-bond donors (Lipinski definition) is 2. The molecule has 1 aliphatic heterocycles. The van der Waals surface area contributed by atoms with E-state index in [4.69, 9.17) is 0 Å². The summed E-state index contributed by atoms with van der Waals surface area (Å²) in [6.45, 7) is 2.49. The van der Waals surface area contributed by atoms with E-state index in [9.17, 15) is 8.42 Å². The van der Waals surface area contributed by atoms with Gasteiger partial charge in [-0.3, -0.25) is 0 Å². The fourth-order valence-electron chi connectivity index (χ4n) is 2.10. The predicted molar refractivity (Wildman–Crippen MR) is 78.0 cm³/mol. The maximum atomic E-state index is 11.8. The van der Waals surface area contributed by atoms with E-state index in [1.54, 1.807) is 6.08 Å². The molecule has 5 heteroatoms. The van der Waals surface area contributed by atoms with E-state index in [0.29, 0.717) is 12.5 Å². The minimum absolute atomic E-state index is 0.446. The van der Waals surface area contributed by atoms with Gasteiger partial charge in [0.05, 0.1) is 0 Å². The number of sulfonamides is 1. The van der Waals surface area contributed by atoms with Crippen LogP contribution in [0, 0.1) is 5.92 Å². The van der Waals surface area contributed by atoms with Crippen molar-refractivity contribution in [3.05, 3.63) is 41.3 Å². The van der Waals surface area contributed by atoms with Crippen molar-refractivity contribution in [2.75, 3.05) is 19.6 Å². The molecule has 0 aliphatic carbocycles. The first kappa shape index (κ1) is 14.2. The first-order chi connectivity index (χ1) is 9.16. The van der Waals surface area contributed by atoms with Gasteiger partial charge in [0.25, 0.3) is 0 Å². The summed E-state index contributed by atoms with van der Waals surface area (Å²) < 4.78 is 26.3. The van der Waals surface area contributed by atoms with Crippen molar-refractivity contribution in [1.29, 1.82) is 0 Å². The molecule has 1 saturated heterocycles. The second-order valence-electron chi connectivity index (χ2n) is 4.80. The van der Waals surface area contributed by atoms with Gasteiger partial charge in [0, 0.05) is 12.0 Å². The van der Waals surface area contributed by atoms with Crippen LogP contribution in [0.25, 0.3) is 6.08 Å². The maximum Gasteiger partial charge on any atom is 0.233 e. The quantitative estimate of drug-likeness (QED) is 0.861. The lowest BCUT2D eigenvalue weighted by Gasteiger charge is -2.22. The van der Waals surface area contributed by atoms with Crippen LogP contribution in [0.3, 0.4) is 0 Å². The highest BCUT2D eigenvalue weighted by atomic mass is 32.2. The highest BCUT2D eigenvalue weighted by Crippen LogP contribution is 2.10. The topological polar surface area (TPSA) is 58.2 Å². The molecule has 104 valence electrons. The third-order valence-corrected chi connectivity index (χ3v) is 4.33. The highest BCUT2D eigenvalue weighted by Gasteiger charge is 2.15. The highest BCUT2D eigenvalue weighted by molar-refractivity contribution is 7.92. The monoisotopic (exact) mass is 280 g/mol. The molecule has 1 fully saturated rings. The molecule has 2 N–H and O–H groups in total. The van der Waals surface area contributed by atoms with Gasteiger partial charge in [0.1, 0.15) is 0 Å². The van der Waals surface area contributed by atoms with Gasteiger partial charge in [-0.2, -0.15) is 0 Å². The second-order valence-corrected chi connectivity index (χ2v) is 6.45. The van der Waals surface area contributed by atoms with Crippen LogP contribution in [0.2, 0.25) is 0 Å². The minimum atomic E-state index is -3.33. The molecular weight excluding hydrogens is 260 g/mol. The molecule has 2 rings (SSSR count). The summed E-state index contributed by atoms with van der Waals surface area (Å²) in [7, 11) is -3.33. The van der Waals surface area contributed by atoms with Crippen molar-refractivity contribution in [2.45, 2.75) is 12.8 Å². The van der Waals surface area contributed by atoms with Crippen molar-refractivity contribution >= 4 is 16.1 Å². The largest absolute Gasteiger partial charge is 0.317 e. The van der Waals surface area contributed by atoms with Crippen LogP contribution in [-0.2, 0) is 10.0 Å². The molecule has 0 spiro atoms. The smallest absolute Gasteiger partial charge is 0.233 e. The Kier molecular flexibility index (Phi) is 5.13. The van der Waals surface area contributed by atoms with Crippen LogP contribution in [0.1, 0.15) is 18.4 Å². The zero-order valence-electron chi connectivity index (χ0n) is 10.9. The van der Waals surface area contributed by atoms with E-state index in [2.05, 4.69) is 10.0 Å². The summed E-state index contributed by atoms with van der Waals surface area (Å²) in [5.74, 6) is 0.446. The van der Waals surface area contributed by atoms with Crippen LogP contribution >= 0.6 is 0 Å². The summed E-state index contributed by atoms with van der Waals surface area (Å²) in [6, 6.07) is 9.42. The van der Waals surface area contributed by atoms with Crippen LogP contribution in [0.4, 0.5) is 0 Å². The SMILES string of the molecule is O=S(=O)(C=Cc1ccccc1)NCC1CCNCC1. The maximum absolute atomic E-state index is 11.8. The zero-order valence-corrected chi connectivity index (χ0v) is 11.7. The molecule has 1 aliphatic rings. The normalized spacial score (nSPS) is 17.9. The van der Waals surface area contributed by atoms with Crippen LogP contribution in [-0.4, -0.2) is 28.1 Å². The third kappa shape index (κ3) is 5.14. The molecule has 0 amide bonds. The molecule has 4 nitrogen and oxygen atoms in total. The molecule has 1 aromatic rings. The Hall–Kier alpha value is -1.17. The number of nitrogens with one attached hydrogen (secondary N) is 2. The Morgan fingerprint density at radius 2 is 1.89 bits per heavy atom. The van der Waals surface area contributed by atoms with E-state index in [1.807, 2.05) is 30.3 Å². The first-order valence-electron chi connectivity index (χ1n) is 6.59. The average molecular weight is 280 g/mol. The van der Waals surface area contributed by atoms with Crippen molar-refractivity contribution < 1.29 is 8.42 Å². The number of rotatable bonds is 5. The molecule has 0 radical (unpaired) electrons. The van der Waals surface area contributed by atoms with Crippen molar-refractivity contribution in [3.8, 4) is 0 Å². The predicted octanol–water partition coefficient (Wildman–Crippen LogP) is 1.58. The lowest BCUT2D eigenvalue weighted by atomic mass is 9.99. The fourth-order valence-corrected chi connectivity index (χ4v) is 3.00. The van der Waals surface area contributed by atoms with Gasteiger partial charge in [0.15, 0.2) is 0 Å². The van der Waals surface area contributed by atoms with Crippen molar-refractivity contribution in [3.63, 3.8) is 0 Å². The minimum Gasteiger partial charge on any atom is -0.317 e. The van der Waals surface area contributed by atoms with E-state index >= 15 is 0 Å². The standard InChI is InChI=1S/C14H20N2O2S/c17-19(18,11-8-13-4-2-1-3-5-13)16-12-14-6-9-15-10-7-14/h1-5,8,11,14-16H,6-7,9-10,12H2. The van der Waals surface area contributed by atoms with Gasteiger partial charge in [-0.1, -0.05) is 30.3 Å². The fraction of sp³-hybridized carbons (Fsp3) is 0.429. The molecule has 19 heavy (non-hydrogen) atoms. The molecule has 1 heterocycles. The second kappa shape index (κ2) is 6.84. The van der Waals surface area contributed by atoms with Gasteiger partial charge in [-0.05, 0) is 43.5 Å². The average Bonchev–Trinajstić information content (AvgIpc) is 2.46. The Morgan fingerprint density at radius 3 is 2.58 bits per heavy atom. The Morgan fingerprint density at radius 1 is 1.21 bits per heavy atom. The summed E-state index contributed by atoms with van der Waals surface area (Å²) in [5.41, 5.74) is 0.884. The van der Waals surface area contributed by atoms with Gasteiger partial charge < -0.3 is 5.32 Å². The van der Waals surface area contributed by atoms with E-state index < -0.39 is 10.0 Å². The molecular formula is C14H20N2O2S. The third-order valence-electron chi connectivity index (χ3n) is 3.27. The Labute approximate surface area is 115 Å². The van der Waals surface area contributed by atoms with Gasteiger partial charge in [-0.15, -0.1) is 0 Å². The van der Waals surface area contributed by atoms with Crippen molar-refractivity contribution in [1.82, 2.24) is 10.0 Å². The van der Waals surface area contributed by atoms with Crippen LogP contribution in [0.15, 0.2) is 35.7 Å². The van der Waals surface area contributed by atoms with E-state index in [0.717, 1.165) is 31.5 Å². The summed E-state index contributed by atoms with van der Waals surface area (Å²) >= 11 is 0. The molecule has 0 bridgehead atoms. The van der Waals surface area contributed by atoms with Gasteiger partial charge in [-0.25, -0.2) is 13.1 Å². The molecule has 0 aromatic heterocycles. The lowest BCUT2D eigenvalue weighted by molar-refractivity contribution is 0.373. The Bertz CT molecular complexity index is 506. The lowest BCUT2D eigenvalue weighted by Crippen LogP contribution is -2.35. The number of piperidine rings is 1. The van der Waals surface area contributed by atoms with Crippen LogP contribution < -0.4 is 10.0 Å². The van der Waals surface area contributed by atoms with Crippen molar-refractivity contribution in [2.24, 2.45) is 5.92 Å². The summed E-state index contributed by atoms with van der Waals surface area (Å²) in [6.07, 6.45) is 3.68. The van der Waals surface area contributed by atoms with Gasteiger partial charge in [0.2, 0.25) is 10.0 Å².